The van der Waals surface area contributed by atoms with Crippen LogP contribution in [0.3, 0.4) is 0 Å². The van der Waals surface area contributed by atoms with Crippen LogP contribution in [-0.2, 0) is 4.74 Å². The van der Waals surface area contributed by atoms with Crippen molar-refractivity contribution < 1.29 is 28.5 Å². The highest BCUT2D eigenvalue weighted by Crippen LogP contribution is 2.53. The minimum absolute atomic E-state index is 0.00779. The molecule has 2 aromatic rings. The summed E-state index contributed by atoms with van der Waals surface area (Å²) in [7, 11) is 1.66. The van der Waals surface area contributed by atoms with Crippen molar-refractivity contribution in [3.05, 3.63) is 47.5 Å². The Labute approximate surface area is 197 Å². The highest BCUT2D eigenvalue weighted by atomic mass is 16.7. The maximum Gasteiger partial charge on any atom is 0.409 e. The van der Waals surface area contributed by atoms with Crippen molar-refractivity contribution >= 4 is 11.8 Å². The summed E-state index contributed by atoms with van der Waals surface area (Å²) in [6.07, 6.45) is 1.66. The van der Waals surface area contributed by atoms with Crippen LogP contribution < -0.4 is 18.9 Å². The van der Waals surface area contributed by atoms with E-state index in [1.54, 1.807) is 12.0 Å². The first kappa shape index (κ1) is 20.9. The molecule has 9 heteroatoms. The van der Waals surface area contributed by atoms with Gasteiger partial charge in [-0.3, -0.25) is 0 Å². The Morgan fingerprint density at radius 1 is 1.18 bits per heavy atom. The number of carbonyl (C=O) groups is 1. The van der Waals surface area contributed by atoms with Gasteiger partial charge in [0.25, 0.3) is 0 Å². The number of methoxy groups -OCH3 is 1. The SMILES string of the molecule is CCOC(=O)N1CCC2(CC1)Oc1c(OC)cccc1[C@@H]1CC(c3ccc4c(c3)OCO4)=NN12. The Morgan fingerprint density at radius 2 is 2.00 bits per heavy atom. The van der Waals surface area contributed by atoms with E-state index in [9.17, 15) is 4.79 Å². The van der Waals surface area contributed by atoms with Crippen LogP contribution in [0.4, 0.5) is 4.79 Å². The number of benzene rings is 2. The average molecular weight is 466 g/mol. The first-order valence-electron chi connectivity index (χ1n) is 11.7. The standard InChI is InChI=1S/C25H27N3O6/c1-3-31-24(29)27-11-9-25(10-12-27)28-19(17-5-4-6-21(30-2)23(17)34-25)14-18(26-28)16-7-8-20-22(13-16)33-15-32-20/h4-8,13,19H,3,9-12,14-15H2,1-2H3/t19-/m0/s1. The van der Waals surface area contributed by atoms with Gasteiger partial charge in [-0.15, -0.1) is 0 Å². The highest BCUT2D eigenvalue weighted by Gasteiger charge is 2.53. The molecule has 0 unspecified atom stereocenters. The molecule has 1 saturated heterocycles. The predicted molar refractivity (Wildman–Crippen MR) is 122 cm³/mol. The molecule has 1 spiro atoms. The van der Waals surface area contributed by atoms with Crippen LogP contribution in [0, 0.1) is 0 Å². The van der Waals surface area contributed by atoms with E-state index in [0.717, 1.165) is 40.5 Å². The second-order valence-corrected chi connectivity index (χ2v) is 8.79. The number of piperidine rings is 1. The van der Waals surface area contributed by atoms with Gasteiger partial charge in [0.1, 0.15) is 0 Å². The van der Waals surface area contributed by atoms with Gasteiger partial charge >= 0.3 is 6.09 Å². The third kappa shape index (κ3) is 3.21. The summed E-state index contributed by atoms with van der Waals surface area (Å²) in [5.41, 5.74) is 2.35. The number of fused-ring (bicyclic) bond motifs is 5. The van der Waals surface area contributed by atoms with Crippen molar-refractivity contribution in [3.8, 4) is 23.0 Å². The van der Waals surface area contributed by atoms with E-state index in [0.29, 0.717) is 38.3 Å². The minimum atomic E-state index is -0.673. The average Bonchev–Trinajstić information content (AvgIpc) is 3.52. The van der Waals surface area contributed by atoms with E-state index in [1.165, 1.54) is 0 Å². The van der Waals surface area contributed by atoms with Gasteiger partial charge in [-0.2, -0.15) is 5.10 Å². The van der Waals surface area contributed by atoms with Gasteiger partial charge in [-0.25, -0.2) is 9.80 Å². The second kappa shape index (κ2) is 8.00. The molecule has 0 aromatic heterocycles. The number of nitrogens with zero attached hydrogens (tertiary/aromatic N) is 3. The summed E-state index contributed by atoms with van der Waals surface area (Å²) in [6, 6.07) is 11.9. The van der Waals surface area contributed by atoms with Crippen LogP contribution in [0.25, 0.3) is 0 Å². The van der Waals surface area contributed by atoms with Gasteiger partial charge in [-0.1, -0.05) is 12.1 Å². The molecule has 6 rings (SSSR count). The molecular formula is C25H27N3O6. The lowest BCUT2D eigenvalue weighted by atomic mass is 9.90. The Kier molecular flexibility index (Phi) is 4.93. The summed E-state index contributed by atoms with van der Waals surface area (Å²) in [4.78, 5) is 14.0. The van der Waals surface area contributed by atoms with Crippen molar-refractivity contribution in [1.82, 2.24) is 9.91 Å². The summed E-state index contributed by atoms with van der Waals surface area (Å²) in [5, 5.41) is 7.20. The highest BCUT2D eigenvalue weighted by molar-refractivity contribution is 6.02. The number of amides is 1. The third-order valence-corrected chi connectivity index (χ3v) is 6.98. The number of hydrogen-bond donors (Lipinski definition) is 0. The lowest BCUT2D eigenvalue weighted by Crippen LogP contribution is -2.59. The van der Waals surface area contributed by atoms with E-state index < -0.39 is 5.72 Å². The van der Waals surface area contributed by atoms with E-state index in [2.05, 4.69) is 11.1 Å². The van der Waals surface area contributed by atoms with Crippen molar-refractivity contribution in [2.45, 2.75) is 38.0 Å². The molecule has 0 aliphatic carbocycles. The monoisotopic (exact) mass is 465 g/mol. The largest absolute Gasteiger partial charge is 0.493 e. The number of likely N-dealkylation sites (tertiary alicyclic amines) is 1. The fraction of sp³-hybridized carbons (Fsp3) is 0.440. The third-order valence-electron chi connectivity index (χ3n) is 6.98. The number of carbonyl (C=O) groups excluding carboxylic acids is 1. The van der Waals surface area contributed by atoms with Crippen LogP contribution in [0.1, 0.15) is 43.4 Å². The fourth-order valence-corrected chi connectivity index (χ4v) is 5.27. The van der Waals surface area contributed by atoms with Gasteiger partial charge in [0.15, 0.2) is 23.0 Å². The molecular weight excluding hydrogens is 438 g/mol. The molecule has 178 valence electrons. The second-order valence-electron chi connectivity index (χ2n) is 8.79. The van der Waals surface area contributed by atoms with Gasteiger partial charge in [0.2, 0.25) is 12.5 Å². The van der Waals surface area contributed by atoms with Crippen LogP contribution in [0.5, 0.6) is 23.0 Å². The normalized spacial score (nSPS) is 21.5. The zero-order valence-corrected chi connectivity index (χ0v) is 19.3. The molecule has 1 atom stereocenters. The van der Waals surface area contributed by atoms with Crippen LogP contribution in [0.15, 0.2) is 41.5 Å². The summed E-state index contributed by atoms with van der Waals surface area (Å²) >= 11 is 0. The maximum atomic E-state index is 12.3. The van der Waals surface area contributed by atoms with E-state index in [-0.39, 0.29) is 18.9 Å². The van der Waals surface area contributed by atoms with Crippen molar-refractivity contribution in [2.75, 3.05) is 33.6 Å². The minimum Gasteiger partial charge on any atom is -0.493 e. The molecule has 2 aromatic carbocycles. The molecule has 0 radical (unpaired) electrons. The number of ether oxygens (including phenoxy) is 5. The van der Waals surface area contributed by atoms with E-state index in [4.69, 9.17) is 28.8 Å². The molecule has 4 heterocycles. The van der Waals surface area contributed by atoms with Gasteiger partial charge < -0.3 is 28.6 Å². The first-order chi connectivity index (χ1) is 16.6. The Hall–Kier alpha value is -3.62. The predicted octanol–water partition coefficient (Wildman–Crippen LogP) is 3.92. The Balaban J connectivity index is 1.37. The Morgan fingerprint density at radius 3 is 2.79 bits per heavy atom. The summed E-state index contributed by atoms with van der Waals surface area (Å²) < 4.78 is 28.6. The van der Waals surface area contributed by atoms with E-state index in [1.807, 2.05) is 37.3 Å². The molecule has 0 N–H and O–H groups in total. The Bertz CT molecular complexity index is 1160. The lowest BCUT2D eigenvalue weighted by molar-refractivity contribution is -0.148. The fourth-order valence-electron chi connectivity index (χ4n) is 5.27. The van der Waals surface area contributed by atoms with Crippen molar-refractivity contribution in [3.63, 3.8) is 0 Å². The van der Waals surface area contributed by atoms with Crippen molar-refractivity contribution in [1.29, 1.82) is 0 Å². The molecule has 9 nitrogen and oxygen atoms in total. The topological polar surface area (TPSA) is 82.1 Å². The molecule has 4 aliphatic rings. The number of para-hydroxylation sites is 1. The molecule has 0 bridgehead atoms. The zero-order valence-electron chi connectivity index (χ0n) is 19.3. The van der Waals surface area contributed by atoms with Gasteiger partial charge in [0, 0.05) is 43.5 Å². The number of rotatable bonds is 3. The quantitative estimate of drug-likeness (QED) is 0.680. The smallest absolute Gasteiger partial charge is 0.409 e. The molecule has 4 aliphatic heterocycles. The van der Waals surface area contributed by atoms with Crippen LogP contribution >= 0.6 is 0 Å². The number of hydrazone groups is 1. The first-order valence-corrected chi connectivity index (χ1v) is 11.7. The maximum absolute atomic E-state index is 12.3. The van der Waals surface area contributed by atoms with Crippen molar-refractivity contribution in [2.24, 2.45) is 5.10 Å². The molecule has 34 heavy (non-hydrogen) atoms. The van der Waals surface area contributed by atoms with Gasteiger partial charge in [-0.05, 0) is 31.2 Å². The molecule has 0 saturated carbocycles. The van der Waals surface area contributed by atoms with Gasteiger partial charge in [0.05, 0.1) is 25.5 Å². The number of hydrogen-bond acceptors (Lipinski definition) is 8. The summed E-state index contributed by atoms with van der Waals surface area (Å²) in [5.74, 6) is 2.96. The van der Waals surface area contributed by atoms with Crippen LogP contribution in [0.2, 0.25) is 0 Å². The molecule has 1 amide bonds. The summed E-state index contributed by atoms with van der Waals surface area (Å²) in [6.45, 7) is 3.47. The molecule has 1 fully saturated rings. The van der Waals surface area contributed by atoms with Crippen LogP contribution in [-0.4, -0.2) is 61.0 Å². The zero-order chi connectivity index (χ0) is 23.3. The lowest BCUT2D eigenvalue weighted by Gasteiger charge is -2.51. The van der Waals surface area contributed by atoms with E-state index >= 15 is 0 Å².